The quantitative estimate of drug-likeness (QED) is 0.906. The van der Waals surface area contributed by atoms with Crippen LogP contribution in [-0.2, 0) is 16.6 Å². The van der Waals surface area contributed by atoms with Gasteiger partial charge in [0.2, 0.25) is 0 Å². The van der Waals surface area contributed by atoms with Gasteiger partial charge in [-0.3, -0.25) is 4.72 Å². The van der Waals surface area contributed by atoms with E-state index >= 15 is 0 Å². The molecule has 0 fully saturated rings. The van der Waals surface area contributed by atoms with Crippen molar-refractivity contribution in [1.82, 2.24) is 0 Å². The second kappa shape index (κ2) is 5.22. The summed E-state index contributed by atoms with van der Waals surface area (Å²) in [6.07, 6.45) is 0. The van der Waals surface area contributed by atoms with Crippen molar-refractivity contribution in [3.05, 3.63) is 47.4 Å². The Bertz CT molecular complexity index is 721. The molecule has 0 atom stereocenters. The Morgan fingerprint density at radius 3 is 2.40 bits per heavy atom. The molecule has 2 aromatic rings. The lowest BCUT2D eigenvalue weighted by molar-refractivity contribution is 0.479. The second-order valence-electron chi connectivity index (χ2n) is 4.04. The lowest BCUT2D eigenvalue weighted by atomic mass is 10.3. The molecular weight excluding hydrogens is 290 g/mol. The Morgan fingerprint density at radius 2 is 1.90 bits per heavy atom. The first-order chi connectivity index (χ1) is 9.35. The van der Waals surface area contributed by atoms with Gasteiger partial charge in [0.15, 0.2) is 0 Å². The highest BCUT2D eigenvalue weighted by Crippen LogP contribution is 2.25. The molecule has 0 aliphatic rings. The zero-order chi connectivity index (χ0) is 14.9. The molecule has 1 aromatic carbocycles. The number of hydrogen-bond acceptors (Lipinski definition) is 4. The van der Waals surface area contributed by atoms with Crippen molar-refractivity contribution in [3.8, 4) is 0 Å². The van der Waals surface area contributed by atoms with Crippen LogP contribution in [0.25, 0.3) is 0 Å². The van der Waals surface area contributed by atoms with E-state index in [1.165, 1.54) is 13.0 Å². The molecule has 108 valence electrons. The van der Waals surface area contributed by atoms with Gasteiger partial charge in [-0.1, -0.05) is 6.07 Å². The predicted molar refractivity (Wildman–Crippen MR) is 68.5 cm³/mol. The molecule has 0 radical (unpaired) electrons. The summed E-state index contributed by atoms with van der Waals surface area (Å²) in [6.45, 7) is 1.44. The molecule has 8 heteroatoms. The van der Waals surface area contributed by atoms with E-state index in [0.29, 0.717) is 0 Å². The third-order valence-corrected chi connectivity index (χ3v) is 4.07. The van der Waals surface area contributed by atoms with Crippen LogP contribution in [0.1, 0.15) is 11.5 Å². The minimum Gasteiger partial charge on any atom is -0.464 e. The maximum Gasteiger partial charge on any atom is 0.265 e. The van der Waals surface area contributed by atoms with Crippen LogP contribution >= 0.6 is 0 Å². The molecule has 20 heavy (non-hydrogen) atoms. The number of anilines is 1. The highest BCUT2D eigenvalue weighted by Gasteiger charge is 2.23. The molecule has 0 amide bonds. The summed E-state index contributed by atoms with van der Waals surface area (Å²) < 4.78 is 58.1. The standard InChI is InChI=1S/C12H12F2N2O3S/c1-7-11(5-8(6-15)19-7)20(17,18)16-12-9(13)3-2-4-10(12)14/h2-5,16H,6,15H2,1H3. The van der Waals surface area contributed by atoms with E-state index in [9.17, 15) is 17.2 Å². The van der Waals surface area contributed by atoms with Gasteiger partial charge in [0, 0.05) is 6.07 Å². The van der Waals surface area contributed by atoms with Crippen molar-refractivity contribution < 1.29 is 21.6 Å². The molecule has 0 saturated heterocycles. The molecule has 3 N–H and O–H groups in total. The third kappa shape index (κ3) is 2.66. The van der Waals surface area contributed by atoms with Crippen LogP contribution < -0.4 is 10.5 Å². The Labute approximate surface area is 114 Å². The molecule has 0 bridgehead atoms. The summed E-state index contributed by atoms with van der Waals surface area (Å²) in [5.41, 5.74) is 4.61. The average molecular weight is 302 g/mol. The molecule has 0 aliphatic heterocycles. The fourth-order valence-corrected chi connectivity index (χ4v) is 2.96. The summed E-state index contributed by atoms with van der Waals surface area (Å²) in [6, 6.07) is 4.26. The van der Waals surface area contributed by atoms with Gasteiger partial charge in [-0.2, -0.15) is 0 Å². The summed E-state index contributed by atoms with van der Waals surface area (Å²) in [5, 5.41) is 0. The number of para-hydroxylation sites is 1. The number of aryl methyl sites for hydroxylation is 1. The molecule has 5 nitrogen and oxygen atoms in total. The van der Waals surface area contributed by atoms with Crippen LogP contribution in [0.3, 0.4) is 0 Å². The van der Waals surface area contributed by atoms with Crippen molar-refractivity contribution in [2.75, 3.05) is 4.72 Å². The normalized spacial score (nSPS) is 11.6. The number of nitrogens with two attached hydrogens (primary N) is 1. The van der Waals surface area contributed by atoms with Gasteiger partial charge in [-0.15, -0.1) is 0 Å². The number of benzene rings is 1. The summed E-state index contributed by atoms with van der Waals surface area (Å²) in [7, 11) is -4.16. The smallest absolute Gasteiger partial charge is 0.265 e. The molecule has 0 saturated carbocycles. The lowest BCUT2D eigenvalue weighted by Gasteiger charge is -2.08. The van der Waals surface area contributed by atoms with Gasteiger partial charge in [-0.25, -0.2) is 17.2 Å². The van der Waals surface area contributed by atoms with E-state index in [0.717, 1.165) is 18.2 Å². The minimum atomic E-state index is -4.16. The molecule has 2 rings (SSSR count). The maximum atomic E-state index is 13.5. The van der Waals surface area contributed by atoms with Gasteiger partial charge in [0.25, 0.3) is 10.0 Å². The topological polar surface area (TPSA) is 85.3 Å². The Hall–Kier alpha value is -1.93. The molecule has 0 aliphatic carbocycles. The van der Waals surface area contributed by atoms with Crippen molar-refractivity contribution in [1.29, 1.82) is 0 Å². The van der Waals surface area contributed by atoms with Crippen molar-refractivity contribution in [3.63, 3.8) is 0 Å². The number of hydrogen-bond donors (Lipinski definition) is 2. The Kier molecular flexibility index (Phi) is 3.78. The van der Waals surface area contributed by atoms with Crippen LogP contribution in [-0.4, -0.2) is 8.42 Å². The fourth-order valence-electron chi connectivity index (χ4n) is 1.68. The van der Waals surface area contributed by atoms with Crippen LogP contribution in [0.5, 0.6) is 0 Å². The van der Waals surface area contributed by atoms with E-state index < -0.39 is 27.3 Å². The summed E-state index contributed by atoms with van der Waals surface area (Å²) in [4.78, 5) is -0.208. The molecule has 0 spiro atoms. The molecular formula is C12H12F2N2O3S. The molecule has 1 aromatic heterocycles. The average Bonchev–Trinajstić information content (AvgIpc) is 2.76. The van der Waals surface area contributed by atoms with E-state index in [1.54, 1.807) is 0 Å². The predicted octanol–water partition coefficient (Wildman–Crippen LogP) is 2.13. The molecule has 0 unspecified atom stereocenters. The van der Waals surface area contributed by atoms with E-state index in [2.05, 4.69) is 0 Å². The third-order valence-electron chi connectivity index (χ3n) is 2.61. The van der Waals surface area contributed by atoms with Crippen molar-refractivity contribution in [2.45, 2.75) is 18.4 Å². The van der Waals surface area contributed by atoms with Crippen LogP contribution in [0.4, 0.5) is 14.5 Å². The first-order valence-corrected chi connectivity index (χ1v) is 7.09. The van der Waals surface area contributed by atoms with Crippen molar-refractivity contribution >= 4 is 15.7 Å². The minimum absolute atomic E-state index is 0.0183. The lowest BCUT2D eigenvalue weighted by Crippen LogP contribution is -2.15. The highest BCUT2D eigenvalue weighted by molar-refractivity contribution is 7.92. The van der Waals surface area contributed by atoms with Gasteiger partial charge in [0.05, 0.1) is 6.54 Å². The Balaban J connectivity index is 2.43. The molecule has 1 heterocycles. The second-order valence-corrected chi connectivity index (χ2v) is 5.69. The zero-order valence-electron chi connectivity index (χ0n) is 10.5. The first-order valence-electron chi connectivity index (χ1n) is 5.61. The van der Waals surface area contributed by atoms with Crippen molar-refractivity contribution in [2.24, 2.45) is 5.73 Å². The van der Waals surface area contributed by atoms with Gasteiger partial charge < -0.3 is 10.2 Å². The number of rotatable bonds is 4. The fraction of sp³-hybridized carbons (Fsp3) is 0.167. The number of halogens is 2. The number of furan rings is 1. The van der Waals surface area contributed by atoms with Gasteiger partial charge in [-0.05, 0) is 19.1 Å². The van der Waals surface area contributed by atoms with Crippen LogP contribution in [0.15, 0.2) is 33.6 Å². The monoisotopic (exact) mass is 302 g/mol. The largest absolute Gasteiger partial charge is 0.464 e. The van der Waals surface area contributed by atoms with E-state index in [4.69, 9.17) is 10.2 Å². The van der Waals surface area contributed by atoms with E-state index in [-0.39, 0.29) is 23.0 Å². The van der Waals surface area contributed by atoms with Crippen LogP contribution in [0, 0.1) is 18.6 Å². The number of nitrogens with one attached hydrogen (secondary N) is 1. The zero-order valence-corrected chi connectivity index (χ0v) is 11.3. The number of sulfonamides is 1. The summed E-state index contributed by atoms with van der Waals surface area (Å²) in [5.74, 6) is -1.66. The van der Waals surface area contributed by atoms with Crippen LogP contribution in [0.2, 0.25) is 0 Å². The Morgan fingerprint density at radius 1 is 1.30 bits per heavy atom. The first kappa shape index (κ1) is 14.5. The van der Waals surface area contributed by atoms with Gasteiger partial charge in [0.1, 0.15) is 33.7 Å². The SMILES string of the molecule is Cc1oc(CN)cc1S(=O)(=O)Nc1c(F)cccc1F. The van der Waals surface area contributed by atoms with Gasteiger partial charge >= 0.3 is 0 Å². The summed E-state index contributed by atoms with van der Waals surface area (Å²) >= 11 is 0. The maximum absolute atomic E-state index is 13.5. The van der Waals surface area contributed by atoms with E-state index in [1.807, 2.05) is 4.72 Å². The highest BCUT2D eigenvalue weighted by atomic mass is 32.2.